The maximum absolute atomic E-state index is 12.9. The fraction of sp³-hybridized carbons (Fsp3) is 0.100. The van der Waals surface area contributed by atoms with Crippen molar-refractivity contribution in [3.05, 3.63) is 89.0 Å². The summed E-state index contributed by atoms with van der Waals surface area (Å²) < 4.78 is 14.7. The molecular formula is C20H17FN2O. The first-order valence-electron chi connectivity index (χ1n) is 7.66. The van der Waals surface area contributed by atoms with Crippen molar-refractivity contribution in [2.24, 2.45) is 0 Å². The number of hydrogen-bond acceptors (Lipinski definition) is 2. The molecule has 0 aliphatic heterocycles. The molecule has 0 aliphatic rings. The monoisotopic (exact) mass is 320 g/mol. The van der Waals surface area contributed by atoms with Crippen LogP contribution in [0.3, 0.4) is 0 Å². The van der Waals surface area contributed by atoms with Crippen LogP contribution in [0, 0.1) is 19.7 Å². The van der Waals surface area contributed by atoms with Gasteiger partial charge in [0.15, 0.2) is 5.78 Å². The summed E-state index contributed by atoms with van der Waals surface area (Å²) in [5.74, 6) is -0.411. The molecule has 120 valence electrons. The summed E-state index contributed by atoms with van der Waals surface area (Å²) in [7, 11) is 0. The SMILES string of the molecule is Cc1nn(-c2ccccc2)c(C)c1C(=O)/C=C/c1ccc(F)cc1. The molecule has 3 aromatic rings. The van der Waals surface area contributed by atoms with Crippen molar-refractivity contribution in [3.63, 3.8) is 0 Å². The number of para-hydroxylation sites is 1. The molecule has 1 aromatic heterocycles. The molecule has 0 atom stereocenters. The minimum absolute atomic E-state index is 0.114. The molecule has 1 heterocycles. The number of aryl methyl sites for hydroxylation is 1. The minimum Gasteiger partial charge on any atom is -0.289 e. The molecule has 0 aliphatic carbocycles. The molecule has 0 radical (unpaired) electrons. The van der Waals surface area contributed by atoms with Gasteiger partial charge in [0.2, 0.25) is 0 Å². The van der Waals surface area contributed by atoms with Crippen LogP contribution in [0.5, 0.6) is 0 Å². The molecule has 0 unspecified atom stereocenters. The fourth-order valence-corrected chi connectivity index (χ4v) is 2.65. The third kappa shape index (κ3) is 3.18. The van der Waals surface area contributed by atoms with Gasteiger partial charge in [0, 0.05) is 0 Å². The van der Waals surface area contributed by atoms with Gasteiger partial charge < -0.3 is 0 Å². The van der Waals surface area contributed by atoms with Crippen LogP contribution in [0.25, 0.3) is 11.8 Å². The number of halogens is 1. The van der Waals surface area contributed by atoms with Crippen molar-refractivity contribution < 1.29 is 9.18 Å². The van der Waals surface area contributed by atoms with E-state index >= 15 is 0 Å². The van der Waals surface area contributed by atoms with Crippen LogP contribution in [0.15, 0.2) is 60.7 Å². The maximum atomic E-state index is 12.9. The summed E-state index contributed by atoms with van der Waals surface area (Å²) in [5.41, 5.74) is 3.77. The Morgan fingerprint density at radius 2 is 1.71 bits per heavy atom. The molecule has 3 rings (SSSR count). The summed E-state index contributed by atoms with van der Waals surface area (Å²) in [6.45, 7) is 3.71. The molecule has 0 N–H and O–H groups in total. The Bertz CT molecular complexity index is 893. The summed E-state index contributed by atoms with van der Waals surface area (Å²) in [4.78, 5) is 12.6. The van der Waals surface area contributed by atoms with Crippen molar-refractivity contribution in [3.8, 4) is 5.69 Å². The van der Waals surface area contributed by atoms with Crippen LogP contribution in [0.1, 0.15) is 27.3 Å². The van der Waals surface area contributed by atoms with E-state index < -0.39 is 0 Å². The van der Waals surface area contributed by atoms with Gasteiger partial charge in [-0.15, -0.1) is 0 Å². The maximum Gasteiger partial charge on any atom is 0.189 e. The van der Waals surface area contributed by atoms with Gasteiger partial charge in [0.25, 0.3) is 0 Å². The standard InChI is InChI=1S/C20H17FN2O/c1-14-20(15(2)23(22-14)18-6-4-3-5-7-18)19(24)13-10-16-8-11-17(21)12-9-16/h3-13H,1-2H3/b13-10+. The average Bonchev–Trinajstić information content (AvgIpc) is 2.89. The normalized spacial score (nSPS) is 11.1. The molecule has 0 saturated heterocycles. The van der Waals surface area contributed by atoms with E-state index in [1.165, 1.54) is 18.2 Å². The molecular weight excluding hydrogens is 303 g/mol. The van der Waals surface area contributed by atoms with E-state index in [1.54, 1.807) is 22.9 Å². The van der Waals surface area contributed by atoms with Gasteiger partial charge in [-0.2, -0.15) is 5.10 Å². The Labute approximate surface area is 140 Å². The fourth-order valence-electron chi connectivity index (χ4n) is 2.65. The third-order valence-electron chi connectivity index (χ3n) is 3.84. The zero-order chi connectivity index (χ0) is 17.1. The highest BCUT2D eigenvalue weighted by molar-refractivity contribution is 6.08. The Kier molecular flexibility index (Phi) is 4.38. The van der Waals surface area contributed by atoms with Crippen LogP contribution < -0.4 is 0 Å². The van der Waals surface area contributed by atoms with E-state index in [0.29, 0.717) is 11.3 Å². The van der Waals surface area contributed by atoms with Crippen molar-refractivity contribution in [1.29, 1.82) is 0 Å². The minimum atomic E-state index is -0.297. The summed E-state index contributed by atoms with van der Waals surface area (Å²) in [6, 6.07) is 15.7. The van der Waals surface area contributed by atoms with Gasteiger partial charge in [-0.25, -0.2) is 9.07 Å². The second kappa shape index (κ2) is 6.62. The Balaban J connectivity index is 1.90. The number of hydrogen-bond donors (Lipinski definition) is 0. The number of rotatable bonds is 4. The smallest absolute Gasteiger partial charge is 0.189 e. The van der Waals surface area contributed by atoms with E-state index in [1.807, 2.05) is 44.2 Å². The van der Waals surface area contributed by atoms with Gasteiger partial charge in [-0.3, -0.25) is 4.79 Å². The lowest BCUT2D eigenvalue weighted by molar-refractivity contribution is 0.104. The van der Waals surface area contributed by atoms with Crippen LogP contribution in [-0.2, 0) is 0 Å². The number of aromatic nitrogens is 2. The van der Waals surface area contributed by atoms with Gasteiger partial charge in [-0.1, -0.05) is 36.4 Å². The van der Waals surface area contributed by atoms with Crippen LogP contribution in [0.4, 0.5) is 4.39 Å². The predicted octanol–water partition coefficient (Wildman–Crippen LogP) is 4.52. The number of allylic oxidation sites excluding steroid dienone is 1. The molecule has 4 heteroatoms. The van der Waals surface area contributed by atoms with Crippen LogP contribution >= 0.6 is 0 Å². The van der Waals surface area contributed by atoms with Gasteiger partial charge in [0.05, 0.1) is 22.6 Å². The molecule has 0 bridgehead atoms. The molecule has 0 spiro atoms. The quantitative estimate of drug-likeness (QED) is 0.523. The Morgan fingerprint density at radius 1 is 1.04 bits per heavy atom. The highest BCUT2D eigenvalue weighted by Crippen LogP contribution is 2.19. The molecule has 0 amide bonds. The van der Waals surface area contributed by atoms with Crippen LogP contribution in [-0.4, -0.2) is 15.6 Å². The zero-order valence-corrected chi connectivity index (χ0v) is 13.5. The number of nitrogens with zero attached hydrogens (tertiary/aromatic N) is 2. The Hall–Kier alpha value is -3.01. The second-order valence-corrected chi connectivity index (χ2v) is 5.54. The molecule has 0 saturated carbocycles. The van der Waals surface area contributed by atoms with Crippen molar-refractivity contribution in [1.82, 2.24) is 9.78 Å². The topological polar surface area (TPSA) is 34.9 Å². The number of carbonyl (C=O) groups excluding carboxylic acids is 1. The van der Waals surface area contributed by atoms with Gasteiger partial charge >= 0.3 is 0 Å². The summed E-state index contributed by atoms with van der Waals surface area (Å²) in [5, 5.41) is 4.48. The lowest BCUT2D eigenvalue weighted by Gasteiger charge is -2.04. The highest BCUT2D eigenvalue weighted by Gasteiger charge is 2.17. The molecule has 0 fully saturated rings. The molecule has 24 heavy (non-hydrogen) atoms. The zero-order valence-electron chi connectivity index (χ0n) is 13.5. The summed E-state index contributed by atoms with van der Waals surface area (Å²) >= 11 is 0. The van der Waals surface area contributed by atoms with E-state index in [2.05, 4.69) is 5.10 Å². The van der Waals surface area contributed by atoms with Crippen molar-refractivity contribution in [2.75, 3.05) is 0 Å². The van der Waals surface area contributed by atoms with Gasteiger partial charge in [0.1, 0.15) is 5.82 Å². The number of ketones is 1. The molecule has 3 nitrogen and oxygen atoms in total. The van der Waals surface area contributed by atoms with Gasteiger partial charge in [-0.05, 0) is 49.8 Å². The lowest BCUT2D eigenvalue weighted by atomic mass is 10.1. The number of carbonyl (C=O) groups is 1. The highest BCUT2D eigenvalue weighted by atomic mass is 19.1. The average molecular weight is 320 g/mol. The third-order valence-corrected chi connectivity index (χ3v) is 3.84. The van der Waals surface area contributed by atoms with Crippen molar-refractivity contribution >= 4 is 11.9 Å². The number of benzene rings is 2. The molecule has 2 aromatic carbocycles. The van der Waals surface area contributed by atoms with E-state index in [4.69, 9.17) is 0 Å². The van der Waals surface area contributed by atoms with E-state index in [0.717, 1.165) is 16.9 Å². The Morgan fingerprint density at radius 3 is 2.38 bits per heavy atom. The van der Waals surface area contributed by atoms with E-state index in [-0.39, 0.29) is 11.6 Å². The second-order valence-electron chi connectivity index (χ2n) is 5.54. The largest absolute Gasteiger partial charge is 0.289 e. The van der Waals surface area contributed by atoms with Crippen LogP contribution in [0.2, 0.25) is 0 Å². The van der Waals surface area contributed by atoms with E-state index in [9.17, 15) is 9.18 Å². The first-order valence-corrected chi connectivity index (χ1v) is 7.66. The lowest BCUT2D eigenvalue weighted by Crippen LogP contribution is -2.01. The first kappa shape index (κ1) is 15.9. The summed E-state index contributed by atoms with van der Waals surface area (Å²) in [6.07, 6.45) is 3.18. The predicted molar refractivity (Wildman–Crippen MR) is 92.8 cm³/mol. The van der Waals surface area contributed by atoms with Crippen molar-refractivity contribution in [2.45, 2.75) is 13.8 Å². The first-order chi connectivity index (χ1) is 11.6.